The van der Waals surface area contributed by atoms with Gasteiger partial charge in [-0.25, -0.2) is 0 Å². The Morgan fingerprint density at radius 3 is 1.80 bits per heavy atom. The van der Waals surface area contributed by atoms with Crippen molar-refractivity contribution in [3.63, 3.8) is 0 Å². The summed E-state index contributed by atoms with van der Waals surface area (Å²) in [5.74, 6) is 2.66. The molecule has 0 nitrogen and oxygen atoms in total. The Labute approximate surface area is 102 Å². The minimum absolute atomic E-state index is 0.833. The third-order valence-corrected chi connectivity index (χ3v) is 3.55. The van der Waals surface area contributed by atoms with E-state index in [9.17, 15) is 0 Å². The lowest BCUT2D eigenvalue weighted by atomic mass is 9.92. The quantitative estimate of drug-likeness (QED) is 0.338. The normalized spacial score (nSPS) is 15.2. The van der Waals surface area contributed by atoms with Crippen molar-refractivity contribution >= 4 is 11.6 Å². The zero-order valence-corrected chi connectivity index (χ0v) is 11.7. The Bertz CT molecular complexity index is 123. The van der Waals surface area contributed by atoms with Crippen LogP contribution >= 0.6 is 11.6 Å². The first kappa shape index (κ1) is 15.3. The molecular weight excluding hydrogens is 204 g/mol. The van der Waals surface area contributed by atoms with Gasteiger partial charge in [0.15, 0.2) is 0 Å². The van der Waals surface area contributed by atoms with Gasteiger partial charge in [-0.3, -0.25) is 0 Å². The second-order valence-corrected chi connectivity index (χ2v) is 5.49. The average Bonchev–Trinajstić information content (AvgIpc) is 2.24. The minimum atomic E-state index is 0.833. The van der Waals surface area contributed by atoms with Gasteiger partial charge in [0.1, 0.15) is 0 Å². The number of hydrogen-bond acceptors (Lipinski definition) is 0. The molecule has 0 amide bonds. The molecular formula is C14H29Cl. The lowest BCUT2D eigenvalue weighted by molar-refractivity contribution is 0.384. The molecule has 0 fully saturated rings. The molecule has 0 aliphatic carbocycles. The summed E-state index contributed by atoms with van der Waals surface area (Å²) >= 11 is 5.67. The maximum absolute atomic E-state index is 5.67. The number of alkyl halides is 1. The highest BCUT2D eigenvalue weighted by Gasteiger charge is 2.06. The van der Waals surface area contributed by atoms with Crippen LogP contribution in [0, 0.1) is 11.8 Å². The van der Waals surface area contributed by atoms with Crippen molar-refractivity contribution in [1.29, 1.82) is 0 Å². The summed E-state index contributed by atoms with van der Waals surface area (Å²) in [4.78, 5) is 0. The second-order valence-electron chi connectivity index (χ2n) is 5.11. The summed E-state index contributed by atoms with van der Waals surface area (Å²) in [6, 6.07) is 0. The molecule has 1 heteroatoms. The van der Waals surface area contributed by atoms with Gasteiger partial charge in [-0.15, -0.1) is 11.6 Å². The highest BCUT2D eigenvalue weighted by molar-refractivity contribution is 6.17. The standard InChI is InChI=1S/C14H29Cl/c1-4-5-8-13(2)10-11-14(3)9-6-7-12-15/h13-14H,4-12H2,1-3H3. The summed E-state index contributed by atoms with van der Waals surface area (Å²) in [5.41, 5.74) is 0. The first-order valence-corrected chi connectivity index (χ1v) is 7.30. The number of rotatable bonds is 10. The van der Waals surface area contributed by atoms with E-state index in [0.29, 0.717) is 0 Å². The van der Waals surface area contributed by atoms with E-state index < -0.39 is 0 Å². The third kappa shape index (κ3) is 10.6. The predicted octanol–water partition coefficient (Wildman–Crippen LogP) is 5.64. The second kappa shape index (κ2) is 10.8. The molecule has 0 heterocycles. The molecule has 2 unspecified atom stereocenters. The van der Waals surface area contributed by atoms with Crippen LogP contribution in [0.4, 0.5) is 0 Å². The molecule has 0 bridgehead atoms. The molecule has 92 valence electrons. The molecule has 0 aromatic heterocycles. The maximum Gasteiger partial charge on any atom is 0.0223 e. The van der Waals surface area contributed by atoms with Gasteiger partial charge in [-0.1, -0.05) is 65.7 Å². The van der Waals surface area contributed by atoms with Crippen molar-refractivity contribution in [3.8, 4) is 0 Å². The average molecular weight is 233 g/mol. The van der Waals surface area contributed by atoms with Gasteiger partial charge < -0.3 is 0 Å². The molecule has 0 saturated carbocycles. The van der Waals surface area contributed by atoms with Crippen LogP contribution in [0.3, 0.4) is 0 Å². The number of hydrogen-bond donors (Lipinski definition) is 0. The summed E-state index contributed by atoms with van der Waals surface area (Å²) in [6.45, 7) is 7.07. The molecule has 0 spiro atoms. The van der Waals surface area contributed by atoms with Crippen molar-refractivity contribution in [1.82, 2.24) is 0 Å². The Balaban J connectivity index is 3.31. The molecule has 0 radical (unpaired) electrons. The van der Waals surface area contributed by atoms with E-state index in [1.54, 1.807) is 0 Å². The zero-order valence-electron chi connectivity index (χ0n) is 10.9. The molecule has 0 saturated heterocycles. The highest BCUT2D eigenvalue weighted by atomic mass is 35.5. The van der Waals surface area contributed by atoms with E-state index in [-0.39, 0.29) is 0 Å². The molecule has 2 atom stereocenters. The largest absolute Gasteiger partial charge is 0.127 e. The lowest BCUT2D eigenvalue weighted by Crippen LogP contribution is -2.01. The van der Waals surface area contributed by atoms with Crippen LogP contribution in [0.2, 0.25) is 0 Å². The minimum Gasteiger partial charge on any atom is -0.127 e. The topological polar surface area (TPSA) is 0 Å². The summed E-state index contributed by atoms with van der Waals surface area (Å²) in [7, 11) is 0. The Hall–Kier alpha value is 0.290. The first-order valence-electron chi connectivity index (χ1n) is 6.76. The predicted molar refractivity (Wildman–Crippen MR) is 71.7 cm³/mol. The zero-order chi connectivity index (χ0) is 11.5. The molecule has 0 rings (SSSR count). The SMILES string of the molecule is CCCCC(C)CCC(C)CCCCCl. The van der Waals surface area contributed by atoms with Crippen molar-refractivity contribution in [2.75, 3.05) is 5.88 Å². The summed E-state index contributed by atoms with van der Waals surface area (Å²) in [6.07, 6.45) is 10.9. The van der Waals surface area contributed by atoms with E-state index in [1.807, 2.05) is 0 Å². The molecule has 0 aliphatic rings. The van der Waals surface area contributed by atoms with Gasteiger partial charge >= 0.3 is 0 Å². The summed E-state index contributed by atoms with van der Waals surface area (Å²) < 4.78 is 0. The van der Waals surface area contributed by atoms with Crippen molar-refractivity contribution < 1.29 is 0 Å². The molecule has 0 aromatic rings. The van der Waals surface area contributed by atoms with Crippen LogP contribution in [0.15, 0.2) is 0 Å². The van der Waals surface area contributed by atoms with Crippen molar-refractivity contribution in [2.45, 2.75) is 72.1 Å². The molecule has 0 N–H and O–H groups in total. The number of halogens is 1. The van der Waals surface area contributed by atoms with E-state index in [0.717, 1.165) is 17.7 Å². The van der Waals surface area contributed by atoms with Crippen LogP contribution in [0.1, 0.15) is 72.1 Å². The molecule has 0 aromatic carbocycles. The van der Waals surface area contributed by atoms with Gasteiger partial charge in [-0.05, 0) is 18.3 Å². The van der Waals surface area contributed by atoms with Crippen LogP contribution in [-0.2, 0) is 0 Å². The fraction of sp³-hybridized carbons (Fsp3) is 1.00. The van der Waals surface area contributed by atoms with E-state index in [2.05, 4.69) is 20.8 Å². The van der Waals surface area contributed by atoms with Crippen LogP contribution in [0.25, 0.3) is 0 Å². The highest BCUT2D eigenvalue weighted by Crippen LogP contribution is 2.20. The lowest BCUT2D eigenvalue weighted by Gasteiger charge is -2.15. The summed E-state index contributed by atoms with van der Waals surface area (Å²) in [5, 5.41) is 0. The third-order valence-electron chi connectivity index (χ3n) is 3.28. The first-order chi connectivity index (χ1) is 7.20. The fourth-order valence-electron chi connectivity index (χ4n) is 2.00. The number of unbranched alkanes of at least 4 members (excludes halogenated alkanes) is 2. The van der Waals surface area contributed by atoms with Crippen LogP contribution in [-0.4, -0.2) is 5.88 Å². The maximum atomic E-state index is 5.67. The van der Waals surface area contributed by atoms with Gasteiger partial charge in [0.2, 0.25) is 0 Å². The van der Waals surface area contributed by atoms with Crippen molar-refractivity contribution in [3.05, 3.63) is 0 Å². The molecule has 0 aliphatic heterocycles. The monoisotopic (exact) mass is 232 g/mol. The Morgan fingerprint density at radius 1 is 0.800 bits per heavy atom. The van der Waals surface area contributed by atoms with E-state index >= 15 is 0 Å². The molecule has 15 heavy (non-hydrogen) atoms. The van der Waals surface area contributed by atoms with Gasteiger partial charge in [0.25, 0.3) is 0 Å². The Kier molecular flexibility index (Phi) is 11.0. The Morgan fingerprint density at radius 2 is 1.33 bits per heavy atom. The van der Waals surface area contributed by atoms with E-state index in [1.165, 1.54) is 51.4 Å². The van der Waals surface area contributed by atoms with Crippen LogP contribution < -0.4 is 0 Å². The van der Waals surface area contributed by atoms with Gasteiger partial charge in [0.05, 0.1) is 0 Å². The van der Waals surface area contributed by atoms with Crippen molar-refractivity contribution in [2.24, 2.45) is 11.8 Å². The fourth-order valence-corrected chi connectivity index (χ4v) is 2.19. The van der Waals surface area contributed by atoms with Gasteiger partial charge in [-0.2, -0.15) is 0 Å². The van der Waals surface area contributed by atoms with Crippen LogP contribution in [0.5, 0.6) is 0 Å². The smallest absolute Gasteiger partial charge is 0.0223 e. The van der Waals surface area contributed by atoms with Gasteiger partial charge in [0, 0.05) is 5.88 Å². The van der Waals surface area contributed by atoms with E-state index in [4.69, 9.17) is 11.6 Å².